The highest BCUT2D eigenvalue weighted by atomic mass is 19.1. The standard InChI is InChI=1S/C11H15FN2.C2H6/c1-8-6-14(7-9(8)2)11-5-10(12)3-4-13-11;1-2/h3-5,8-9H,6-7H2,1-2H3;1-2H3. The van der Waals surface area contributed by atoms with E-state index < -0.39 is 0 Å². The molecule has 0 saturated carbocycles. The maximum absolute atomic E-state index is 12.9. The second-order valence-electron chi connectivity index (χ2n) is 4.19. The largest absolute Gasteiger partial charge is 0.356 e. The van der Waals surface area contributed by atoms with Crippen LogP contribution in [0.1, 0.15) is 27.7 Å². The lowest BCUT2D eigenvalue weighted by Gasteiger charge is -2.16. The van der Waals surface area contributed by atoms with Crippen LogP contribution in [0.2, 0.25) is 0 Å². The predicted octanol–water partition coefficient (Wildman–Crippen LogP) is 3.34. The third-order valence-electron chi connectivity index (χ3n) is 3.02. The topological polar surface area (TPSA) is 16.1 Å². The number of anilines is 1. The van der Waals surface area contributed by atoms with E-state index >= 15 is 0 Å². The third kappa shape index (κ3) is 2.94. The molecule has 1 aromatic rings. The summed E-state index contributed by atoms with van der Waals surface area (Å²) in [5.74, 6) is 1.89. The molecule has 0 aromatic carbocycles. The molecule has 0 amide bonds. The molecule has 2 unspecified atom stereocenters. The minimum Gasteiger partial charge on any atom is -0.356 e. The molecular weight excluding hydrogens is 203 g/mol. The van der Waals surface area contributed by atoms with E-state index in [0.29, 0.717) is 11.8 Å². The molecule has 0 spiro atoms. The summed E-state index contributed by atoms with van der Waals surface area (Å²) in [6, 6.07) is 2.89. The van der Waals surface area contributed by atoms with Gasteiger partial charge in [0.1, 0.15) is 11.6 Å². The van der Waals surface area contributed by atoms with E-state index in [-0.39, 0.29) is 5.82 Å². The monoisotopic (exact) mass is 224 g/mol. The van der Waals surface area contributed by atoms with Gasteiger partial charge in [-0.15, -0.1) is 0 Å². The summed E-state index contributed by atoms with van der Waals surface area (Å²) in [6.45, 7) is 10.4. The molecule has 16 heavy (non-hydrogen) atoms. The minimum atomic E-state index is -0.206. The van der Waals surface area contributed by atoms with Crippen LogP contribution >= 0.6 is 0 Å². The number of nitrogens with zero attached hydrogens (tertiary/aromatic N) is 2. The Labute approximate surface area is 97.5 Å². The number of aromatic nitrogens is 1. The van der Waals surface area contributed by atoms with Crippen molar-refractivity contribution in [2.75, 3.05) is 18.0 Å². The maximum Gasteiger partial charge on any atom is 0.131 e. The van der Waals surface area contributed by atoms with Gasteiger partial charge in [-0.3, -0.25) is 0 Å². The van der Waals surface area contributed by atoms with E-state index in [2.05, 4.69) is 23.7 Å². The Hall–Kier alpha value is -1.12. The first-order chi connectivity index (χ1) is 7.66. The maximum atomic E-state index is 12.9. The normalized spacial score (nSPS) is 23.9. The summed E-state index contributed by atoms with van der Waals surface area (Å²) in [6.07, 6.45) is 1.53. The Morgan fingerprint density at radius 3 is 2.31 bits per heavy atom. The van der Waals surface area contributed by atoms with Crippen molar-refractivity contribution in [3.8, 4) is 0 Å². The van der Waals surface area contributed by atoms with Gasteiger partial charge < -0.3 is 4.90 Å². The van der Waals surface area contributed by atoms with Gasteiger partial charge in [-0.25, -0.2) is 9.37 Å². The Morgan fingerprint density at radius 2 is 1.81 bits per heavy atom. The molecule has 1 aliphatic rings. The van der Waals surface area contributed by atoms with Gasteiger partial charge in [-0.1, -0.05) is 27.7 Å². The highest BCUT2D eigenvalue weighted by Gasteiger charge is 2.26. The SMILES string of the molecule is CC.CC1CN(c2cc(F)ccn2)CC1C. The number of hydrogen-bond acceptors (Lipinski definition) is 2. The van der Waals surface area contributed by atoms with Crippen LogP contribution in [0.5, 0.6) is 0 Å². The predicted molar refractivity (Wildman–Crippen MR) is 66.1 cm³/mol. The van der Waals surface area contributed by atoms with Crippen molar-refractivity contribution in [1.29, 1.82) is 0 Å². The fourth-order valence-corrected chi connectivity index (χ4v) is 1.88. The smallest absolute Gasteiger partial charge is 0.131 e. The van der Waals surface area contributed by atoms with Crippen molar-refractivity contribution in [1.82, 2.24) is 4.98 Å². The highest BCUT2D eigenvalue weighted by molar-refractivity contribution is 5.39. The zero-order valence-electron chi connectivity index (χ0n) is 10.6. The summed E-state index contributed by atoms with van der Waals surface area (Å²) >= 11 is 0. The molecule has 1 fully saturated rings. The van der Waals surface area contributed by atoms with E-state index in [1.54, 1.807) is 0 Å². The number of pyridine rings is 1. The van der Waals surface area contributed by atoms with E-state index in [4.69, 9.17) is 0 Å². The average molecular weight is 224 g/mol. The molecule has 1 saturated heterocycles. The molecule has 90 valence electrons. The zero-order chi connectivity index (χ0) is 12.1. The van der Waals surface area contributed by atoms with E-state index in [9.17, 15) is 4.39 Å². The van der Waals surface area contributed by atoms with Crippen molar-refractivity contribution >= 4 is 5.82 Å². The molecule has 0 aliphatic carbocycles. The summed E-state index contributed by atoms with van der Waals surface area (Å²) in [5, 5.41) is 0. The third-order valence-corrected chi connectivity index (χ3v) is 3.02. The molecule has 2 heterocycles. The van der Waals surface area contributed by atoms with Gasteiger partial charge in [0.15, 0.2) is 0 Å². The molecule has 0 N–H and O–H groups in total. The van der Waals surface area contributed by atoms with Gasteiger partial charge in [-0.05, 0) is 17.9 Å². The Kier molecular flexibility index (Phi) is 4.71. The first-order valence-electron chi connectivity index (χ1n) is 6.03. The second kappa shape index (κ2) is 5.83. The van der Waals surface area contributed by atoms with Crippen molar-refractivity contribution in [3.05, 3.63) is 24.1 Å². The molecule has 3 heteroatoms. The van der Waals surface area contributed by atoms with Crippen molar-refractivity contribution in [2.24, 2.45) is 11.8 Å². The lowest BCUT2D eigenvalue weighted by Crippen LogP contribution is -2.20. The van der Waals surface area contributed by atoms with Crippen LogP contribution in [-0.4, -0.2) is 18.1 Å². The lowest BCUT2D eigenvalue weighted by molar-refractivity contribution is 0.494. The van der Waals surface area contributed by atoms with Crippen molar-refractivity contribution < 1.29 is 4.39 Å². The Morgan fingerprint density at radius 1 is 1.25 bits per heavy atom. The Balaban J connectivity index is 0.000000606. The molecular formula is C13H21FN2. The summed E-state index contributed by atoms with van der Waals surface area (Å²) in [4.78, 5) is 6.33. The molecule has 2 rings (SSSR count). The molecule has 0 radical (unpaired) electrons. The quantitative estimate of drug-likeness (QED) is 0.727. The van der Waals surface area contributed by atoms with Gasteiger partial charge >= 0.3 is 0 Å². The van der Waals surface area contributed by atoms with Gasteiger partial charge in [0.2, 0.25) is 0 Å². The lowest BCUT2D eigenvalue weighted by atomic mass is 10.0. The van der Waals surface area contributed by atoms with Crippen molar-refractivity contribution in [2.45, 2.75) is 27.7 Å². The van der Waals surface area contributed by atoms with Crippen molar-refractivity contribution in [3.63, 3.8) is 0 Å². The molecule has 1 aromatic heterocycles. The summed E-state index contributed by atoms with van der Waals surface area (Å²) < 4.78 is 12.9. The fourth-order valence-electron chi connectivity index (χ4n) is 1.88. The van der Waals surface area contributed by atoms with Crippen LogP contribution in [0.25, 0.3) is 0 Å². The van der Waals surface area contributed by atoms with E-state index in [1.165, 1.54) is 18.3 Å². The van der Waals surface area contributed by atoms with Crippen LogP contribution in [0.4, 0.5) is 10.2 Å². The van der Waals surface area contributed by atoms with Gasteiger partial charge in [0.25, 0.3) is 0 Å². The number of rotatable bonds is 1. The molecule has 0 bridgehead atoms. The van der Waals surface area contributed by atoms with Crippen LogP contribution < -0.4 is 4.90 Å². The second-order valence-corrected chi connectivity index (χ2v) is 4.19. The molecule has 2 atom stereocenters. The number of hydrogen-bond donors (Lipinski definition) is 0. The highest BCUT2D eigenvalue weighted by Crippen LogP contribution is 2.26. The minimum absolute atomic E-state index is 0.206. The first-order valence-corrected chi connectivity index (χ1v) is 6.03. The van der Waals surface area contributed by atoms with Gasteiger partial charge in [0.05, 0.1) is 0 Å². The summed E-state index contributed by atoms with van der Waals surface area (Å²) in [5.41, 5.74) is 0. The Bertz CT molecular complexity index is 317. The summed E-state index contributed by atoms with van der Waals surface area (Å²) in [7, 11) is 0. The molecule has 2 nitrogen and oxygen atoms in total. The van der Waals surface area contributed by atoms with Crippen LogP contribution in [0.3, 0.4) is 0 Å². The zero-order valence-corrected chi connectivity index (χ0v) is 10.6. The van der Waals surface area contributed by atoms with Gasteiger partial charge in [0, 0.05) is 25.4 Å². The fraction of sp³-hybridized carbons (Fsp3) is 0.615. The number of halogens is 1. The van der Waals surface area contributed by atoms with Crippen LogP contribution in [0.15, 0.2) is 18.3 Å². The van der Waals surface area contributed by atoms with Crippen LogP contribution in [0, 0.1) is 17.7 Å². The van der Waals surface area contributed by atoms with E-state index in [1.807, 2.05) is 13.8 Å². The molecule has 1 aliphatic heterocycles. The van der Waals surface area contributed by atoms with E-state index in [0.717, 1.165) is 18.9 Å². The average Bonchev–Trinajstić information content (AvgIpc) is 2.62. The first kappa shape index (κ1) is 12.9. The van der Waals surface area contributed by atoms with Crippen LogP contribution in [-0.2, 0) is 0 Å². The van der Waals surface area contributed by atoms with Gasteiger partial charge in [-0.2, -0.15) is 0 Å².